The first kappa shape index (κ1) is 16.8. The SMILES string of the molecule is COCC(=O)N(CCC(=O)O)c1ccc(OC)c(OC)c1. The normalized spacial score (nSPS) is 10.0. The number of ether oxygens (including phenoxy) is 3. The molecule has 0 aromatic heterocycles. The average molecular weight is 297 g/mol. The molecule has 0 fully saturated rings. The zero-order valence-electron chi connectivity index (χ0n) is 12.3. The van der Waals surface area contributed by atoms with Gasteiger partial charge in [-0.15, -0.1) is 0 Å². The summed E-state index contributed by atoms with van der Waals surface area (Å²) in [4.78, 5) is 24.1. The number of carboxylic acid groups (broad SMARTS) is 1. The van der Waals surface area contributed by atoms with Crippen LogP contribution in [-0.4, -0.2) is 51.5 Å². The third-order valence-corrected chi connectivity index (χ3v) is 2.80. The van der Waals surface area contributed by atoms with Crippen molar-refractivity contribution in [2.24, 2.45) is 0 Å². The van der Waals surface area contributed by atoms with E-state index in [1.807, 2.05) is 0 Å². The Labute approximate surface area is 123 Å². The lowest BCUT2D eigenvalue weighted by Crippen LogP contribution is -2.35. The van der Waals surface area contributed by atoms with Crippen LogP contribution in [0.5, 0.6) is 11.5 Å². The first-order valence-electron chi connectivity index (χ1n) is 6.26. The summed E-state index contributed by atoms with van der Waals surface area (Å²) in [5.41, 5.74) is 0.524. The lowest BCUT2D eigenvalue weighted by atomic mass is 10.2. The average Bonchev–Trinajstić information content (AvgIpc) is 2.47. The number of hydrogen-bond donors (Lipinski definition) is 1. The van der Waals surface area contributed by atoms with Crippen LogP contribution in [0.15, 0.2) is 18.2 Å². The fourth-order valence-electron chi connectivity index (χ4n) is 1.80. The summed E-state index contributed by atoms with van der Waals surface area (Å²) in [6.45, 7) is -0.0824. The molecule has 0 saturated heterocycles. The van der Waals surface area contributed by atoms with E-state index in [-0.39, 0.29) is 25.5 Å². The number of carbonyl (C=O) groups excluding carboxylic acids is 1. The molecule has 0 heterocycles. The maximum atomic E-state index is 12.0. The van der Waals surface area contributed by atoms with Crippen LogP contribution in [0.4, 0.5) is 5.69 Å². The number of nitrogens with zero attached hydrogens (tertiary/aromatic N) is 1. The van der Waals surface area contributed by atoms with Crippen molar-refractivity contribution < 1.29 is 28.9 Å². The van der Waals surface area contributed by atoms with E-state index in [1.165, 1.54) is 26.2 Å². The van der Waals surface area contributed by atoms with Crippen molar-refractivity contribution in [3.05, 3.63) is 18.2 Å². The van der Waals surface area contributed by atoms with Crippen LogP contribution in [0.1, 0.15) is 6.42 Å². The van der Waals surface area contributed by atoms with E-state index in [9.17, 15) is 9.59 Å². The van der Waals surface area contributed by atoms with Crippen LogP contribution in [-0.2, 0) is 14.3 Å². The fourth-order valence-corrected chi connectivity index (χ4v) is 1.80. The molecule has 116 valence electrons. The minimum Gasteiger partial charge on any atom is -0.493 e. The molecule has 7 heteroatoms. The zero-order valence-corrected chi connectivity index (χ0v) is 12.3. The largest absolute Gasteiger partial charge is 0.493 e. The predicted octanol–water partition coefficient (Wildman–Crippen LogP) is 1.16. The minimum absolute atomic E-state index is 0.0486. The molecule has 1 aromatic rings. The molecule has 0 aliphatic rings. The van der Waals surface area contributed by atoms with E-state index >= 15 is 0 Å². The van der Waals surface area contributed by atoms with E-state index in [0.717, 1.165) is 0 Å². The molecule has 21 heavy (non-hydrogen) atoms. The van der Waals surface area contributed by atoms with Gasteiger partial charge in [-0.1, -0.05) is 0 Å². The van der Waals surface area contributed by atoms with E-state index < -0.39 is 5.97 Å². The third-order valence-electron chi connectivity index (χ3n) is 2.80. The second kappa shape index (κ2) is 8.11. The summed E-state index contributed by atoms with van der Waals surface area (Å²) in [6, 6.07) is 4.94. The molecule has 1 amide bonds. The van der Waals surface area contributed by atoms with Gasteiger partial charge in [0.15, 0.2) is 11.5 Å². The van der Waals surface area contributed by atoms with E-state index in [0.29, 0.717) is 17.2 Å². The summed E-state index contributed by atoms with van der Waals surface area (Å²) >= 11 is 0. The lowest BCUT2D eigenvalue weighted by molar-refractivity contribution is -0.136. The number of carboxylic acids is 1. The molecule has 0 aliphatic carbocycles. The molecule has 7 nitrogen and oxygen atoms in total. The van der Waals surface area contributed by atoms with Gasteiger partial charge in [-0.3, -0.25) is 9.59 Å². The summed E-state index contributed by atoms with van der Waals surface area (Å²) in [5.74, 6) is -0.323. The highest BCUT2D eigenvalue weighted by Crippen LogP contribution is 2.31. The van der Waals surface area contributed by atoms with Gasteiger partial charge in [-0.2, -0.15) is 0 Å². The van der Waals surface area contributed by atoms with Crippen molar-refractivity contribution in [3.8, 4) is 11.5 Å². The van der Waals surface area contributed by atoms with Crippen LogP contribution in [0.2, 0.25) is 0 Å². The molecule has 1 aromatic carbocycles. The van der Waals surface area contributed by atoms with Gasteiger partial charge in [-0.25, -0.2) is 0 Å². The van der Waals surface area contributed by atoms with Crippen LogP contribution in [0, 0.1) is 0 Å². The van der Waals surface area contributed by atoms with Crippen molar-refractivity contribution in [2.45, 2.75) is 6.42 Å². The topological polar surface area (TPSA) is 85.3 Å². The molecule has 0 bridgehead atoms. The molecule has 0 aliphatic heterocycles. The predicted molar refractivity (Wildman–Crippen MR) is 76.0 cm³/mol. The summed E-state index contributed by atoms with van der Waals surface area (Å²) < 4.78 is 15.1. The Balaban J connectivity index is 3.06. The van der Waals surface area contributed by atoms with Gasteiger partial charge in [0.1, 0.15) is 6.61 Å². The van der Waals surface area contributed by atoms with Crippen LogP contribution >= 0.6 is 0 Å². The number of benzene rings is 1. The maximum absolute atomic E-state index is 12.0. The number of amides is 1. The number of aliphatic carboxylic acids is 1. The van der Waals surface area contributed by atoms with Crippen LogP contribution in [0.3, 0.4) is 0 Å². The Bertz CT molecular complexity index is 502. The highest BCUT2D eigenvalue weighted by Gasteiger charge is 2.18. The Hall–Kier alpha value is -2.28. The second-order valence-electron chi connectivity index (χ2n) is 4.16. The standard InChI is InChI=1S/C14H19NO6/c1-19-9-13(16)15(7-6-14(17)18)10-4-5-11(20-2)12(8-10)21-3/h4-5,8H,6-7,9H2,1-3H3,(H,17,18). The molecular weight excluding hydrogens is 278 g/mol. The van der Waals surface area contributed by atoms with Crippen molar-refractivity contribution >= 4 is 17.6 Å². The van der Waals surface area contributed by atoms with Crippen molar-refractivity contribution in [3.63, 3.8) is 0 Å². The number of hydrogen-bond acceptors (Lipinski definition) is 5. The number of anilines is 1. The van der Waals surface area contributed by atoms with Crippen molar-refractivity contribution in [2.75, 3.05) is 39.4 Å². The number of methoxy groups -OCH3 is 3. The van der Waals surface area contributed by atoms with E-state index in [1.54, 1.807) is 18.2 Å². The number of carbonyl (C=O) groups is 2. The van der Waals surface area contributed by atoms with Gasteiger partial charge in [0.05, 0.1) is 20.6 Å². The van der Waals surface area contributed by atoms with Crippen LogP contribution in [0.25, 0.3) is 0 Å². The Kier molecular flexibility index (Phi) is 6.48. The Morgan fingerprint density at radius 2 is 1.81 bits per heavy atom. The molecule has 1 rings (SSSR count). The van der Waals surface area contributed by atoms with E-state index in [4.69, 9.17) is 19.3 Å². The van der Waals surface area contributed by atoms with Crippen molar-refractivity contribution in [1.29, 1.82) is 0 Å². The summed E-state index contributed by atoms with van der Waals surface area (Å²) in [7, 11) is 4.40. The molecule has 0 radical (unpaired) electrons. The van der Waals surface area contributed by atoms with Gasteiger partial charge in [0.25, 0.3) is 5.91 Å². The summed E-state index contributed by atoms with van der Waals surface area (Å²) in [6.07, 6.45) is -0.163. The molecule has 0 spiro atoms. The molecular formula is C14H19NO6. The summed E-state index contributed by atoms with van der Waals surface area (Å²) in [5, 5.41) is 8.79. The maximum Gasteiger partial charge on any atom is 0.305 e. The highest BCUT2D eigenvalue weighted by molar-refractivity contribution is 5.95. The molecule has 0 atom stereocenters. The molecule has 1 N–H and O–H groups in total. The molecule has 0 saturated carbocycles. The van der Waals surface area contributed by atoms with Gasteiger partial charge < -0.3 is 24.2 Å². The van der Waals surface area contributed by atoms with Gasteiger partial charge in [0.2, 0.25) is 0 Å². The quantitative estimate of drug-likeness (QED) is 0.775. The Morgan fingerprint density at radius 1 is 1.14 bits per heavy atom. The van der Waals surface area contributed by atoms with E-state index in [2.05, 4.69) is 0 Å². The monoisotopic (exact) mass is 297 g/mol. The van der Waals surface area contributed by atoms with Gasteiger partial charge in [0, 0.05) is 25.4 Å². The Morgan fingerprint density at radius 3 is 2.33 bits per heavy atom. The lowest BCUT2D eigenvalue weighted by Gasteiger charge is -2.23. The fraction of sp³-hybridized carbons (Fsp3) is 0.429. The first-order valence-corrected chi connectivity index (χ1v) is 6.26. The first-order chi connectivity index (χ1) is 10.0. The molecule has 0 unspecified atom stereocenters. The zero-order chi connectivity index (χ0) is 15.8. The minimum atomic E-state index is -0.981. The van der Waals surface area contributed by atoms with Gasteiger partial charge >= 0.3 is 5.97 Å². The smallest absolute Gasteiger partial charge is 0.305 e. The third kappa shape index (κ3) is 4.64. The highest BCUT2D eigenvalue weighted by atomic mass is 16.5. The van der Waals surface area contributed by atoms with Crippen molar-refractivity contribution in [1.82, 2.24) is 0 Å². The van der Waals surface area contributed by atoms with Crippen LogP contribution < -0.4 is 14.4 Å². The number of rotatable bonds is 8. The second-order valence-corrected chi connectivity index (χ2v) is 4.16. The van der Waals surface area contributed by atoms with Gasteiger partial charge in [-0.05, 0) is 12.1 Å².